The van der Waals surface area contributed by atoms with E-state index in [9.17, 15) is 9.18 Å². The van der Waals surface area contributed by atoms with Crippen LogP contribution in [0.25, 0.3) is 0 Å². The fourth-order valence-electron chi connectivity index (χ4n) is 0.927. The van der Waals surface area contributed by atoms with Gasteiger partial charge in [0, 0.05) is 0 Å². The number of halogens is 1. The van der Waals surface area contributed by atoms with Crippen LogP contribution in [0.2, 0.25) is 0 Å². The van der Waals surface area contributed by atoms with Gasteiger partial charge in [0.1, 0.15) is 5.75 Å². The molecule has 74 valence electrons. The zero-order valence-corrected chi connectivity index (χ0v) is 7.87. The second kappa shape index (κ2) is 5.17. The van der Waals surface area contributed by atoms with Gasteiger partial charge < -0.3 is 4.74 Å². The van der Waals surface area contributed by atoms with Gasteiger partial charge in [-0.1, -0.05) is 25.1 Å². The Labute approximate surface area is 82.0 Å². The lowest BCUT2D eigenvalue weighted by Gasteiger charge is -2.03. The molecule has 0 aromatic heterocycles. The maximum atomic E-state index is 12.1. The zero-order valence-electron chi connectivity index (χ0n) is 7.87. The molecule has 0 heterocycles. The molecule has 0 aliphatic carbocycles. The van der Waals surface area contributed by atoms with Crippen LogP contribution in [-0.4, -0.2) is 5.97 Å². The van der Waals surface area contributed by atoms with Crippen LogP contribution in [-0.2, 0) is 4.79 Å². The largest absolute Gasteiger partial charge is 0.423 e. The van der Waals surface area contributed by atoms with Crippen molar-refractivity contribution < 1.29 is 13.9 Å². The summed E-state index contributed by atoms with van der Waals surface area (Å²) < 4.78 is 17.1. The number of rotatable bonds is 3. The Morgan fingerprint density at radius 3 is 2.57 bits per heavy atom. The van der Waals surface area contributed by atoms with E-state index >= 15 is 0 Å². The van der Waals surface area contributed by atoms with Crippen LogP contribution in [0, 0.1) is 0 Å². The lowest BCUT2D eigenvalue weighted by atomic mass is 10.2. The Bertz CT molecular complexity index is 330. The average Bonchev–Trinajstić information content (AvgIpc) is 2.21. The third-order valence-corrected chi connectivity index (χ3v) is 1.73. The normalized spacial score (nSPS) is 11.1. The van der Waals surface area contributed by atoms with Gasteiger partial charge in [0.15, 0.2) is 0 Å². The molecule has 0 spiro atoms. The van der Waals surface area contributed by atoms with Crippen LogP contribution in [0.5, 0.6) is 5.75 Å². The summed E-state index contributed by atoms with van der Waals surface area (Å²) in [7, 11) is 0. The molecule has 0 bridgehead atoms. The minimum atomic E-state index is -0.638. The highest BCUT2D eigenvalue weighted by Gasteiger charge is 2.09. The number of carbonyl (C=O) groups is 1. The fraction of sp³-hybridized carbons (Fsp3) is 0.182. The van der Waals surface area contributed by atoms with Crippen molar-refractivity contribution in [3.63, 3.8) is 0 Å². The van der Waals surface area contributed by atoms with E-state index in [4.69, 9.17) is 4.74 Å². The number of esters is 1. The van der Waals surface area contributed by atoms with Gasteiger partial charge in [0.2, 0.25) is 0 Å². The first-order chi connectivity index (χ1) is 6.77. The minimum Gasteiger partial charge on any atom is -0.423 e. The van der Waals surface area contributed by atoms with Crippen LogP contribution in [0.3, 0.4) is 0 Å². The Hall–Kier alpha value is -1.64. The highest BCUT2D eigenvalue weighted by atomic mass is 19.1. The molecule has 1 aromatic rings. The maximum absolute atomic E-state index is 12.1. The molecule has 0 aliphatic heterocycles. The highest BCUT2D eigenvalue weighted by molar-refractivity contribution is 5.89. The summed E-state index contributed by atoms with van der Waals surface area (Å²) in [5.74, 6) is -0.216. The van der Waals surface area contributed by atoms with E-state index in [2.05, 4.69) is 0 Å². The molecule has 0 radical (unpaired) electrons. The zero-order chi connectivity index (χ0) is 10.4. The molecule has 0 atom stereocenters. The van der Waals surface area contributed by atoms with Crippen molar-refractivity contribution in [3.05, 3.63) is 42.2 Å². The van der Waals surface area contributed by atoms with Crippen molar-refractivity contribution in [3.8, 4) is 5.75 Å². The van der Waals surface area contributed by atoms with Gasteiger partial charge in [-0.05, 0) is 18.6 Å². The summed E-state index contributed by atoms with van der Waals surface area (Å²) in [5, 5.41) is 0. The molecule has 0 aliphatic rings. The smallest absolute Gasteiger partial charge is 0.341 e. The van der Waals surface area contributed by atoms with Gasteiger partial charge in [-0.2, -0.15) is 0 Å². The highest BCUT2D eigenvalue weighted by Crippen LogP contribution is 2.12. The molecule has 14 heavy (non-hydrogen) atoms. The predicted molar refractivity (Wildman–Crippen MR) is 51.6 cm³/mol. The quantitative estimate of drug-likeness (QED) is 0.420. The van der Waals surface area contributed by atoms with Crippen LogP contribution in [0.15, 0.2) is 42.2 Å². The van der Waals surface area contributed by atoms with Crippen molar-refractivity contribution >= 4 is 5.97 Å². The summed E-state index contributed by atoms with van der Waals surface area (Å²) in [5.41, 5.74) is 0.0360. The van der Waals surface area contributed by atoms with E-state index in [1.807, 2.05) is 6.07 Å². The van der Waals surface area contributed by atoms with Gasteiger partial charge >= 0.3 is 5.97 Å². The average molecular weight is 194 g/mol. The van der Waals surface area contributed by atoms with Crippen molar-refractivity contribution in [1.82, 2.24) is 0 Å². The maximum Gasteiger partial charge on any atom is 0.341 e. The SMILES string of the molecule is CC/C(=C\F)C(=O)Oc1ccccc1. The van der Waals surface area contributed by atoms with E-state index in [1.165, 1.54) is 0 Å². The second-order valence-electron chi connectivity index (χ2n) is 2.69. The van der Waals surface area contributed by atoms with E-state index in [0.29, 0.717) is 12.2 Å². The number of ether oxygens (including phenoxy) is 1. The molecule has 0 saturated carbocycles. The number of benzene rings is 1. The molecular formula is C11H11FO2. The van der Waals surface area contributed by atoms with Crippen LogP contribution in [0.1, 0.15) is 13.3 Å². The Kier molecular flexibility index (Phi) is 3.85. The molecule has 0 N–H and O–H groups in total. The van der Waals surface area contributed by atoms with E-state index in [1.54, 1.807) is 31.2 Å². The molecule has 2 nitrogen and oxygen atoms in total. The van der Waals surface area contributed by atoms with Crippen LogP contribution >= 0.6 is 0 Å². The molecule has 1 rings (SSSR count). The summed E-state index contributed by atoms with van der Waals surface area (Å²) in [6.45, 7) is 1.69. The first-order valence-corrected chi connectivity index (χ1v) is 4.34. The minimum absolute atomic E-state index is 0.0360. The Morgan fingerprint density at radius 2 is 2.07 bits per heavy atom. The summed E-state index contributed by atoms with van der Waals surface area (Å²) in [6.07, 6.45) is 0.605. The number of hydrogen-bond donors (Lipinski definition) is 0. The molecule has 0 amide bonds. The van der Waals surface area contributed by atoms with Crippen LogP contribution in [0.4, 0.5) is 4.39 Å². The summed E-state index contributed by atoms with van der Waals surface area (Å²) in [6, 6.07) is 8.58. The van der Waals surface area contributed by atoms with Gasteiger partial charge in [-0.3, -0.25) is 0 Å². The summed E-state index contributed by atoms with van der Waals surface area (Å²) >= 11 is 0. The van der Waals surface area contributed by atoms with Crippen molar-refractivity contribution in [2.75, 3.05) is 0 Å². The first kappa shape index (κ1) is 10.4. The van der Waals surface area contributed by atoms with Gasteiger partial charge in [0.25, 0.3) is 0 Å². The standard InChI is InChI=1S/C11H11FO2/c1-2-9(8-12)11(13)14-10-6-4-3-5-7-10/h3-8H,2H2,1H3/b9-8+. The molecule has 0 fully saturated rings. The fourth-order valence-corrected chi connectivity index (χ4v) is 0.927. The molecule has 0 unspecified atom stereocenters. The third kappa shape index (κ3) is 2.69. The molecule has 1 aromatic carbocycles. The second-order valence-corrected chi connectivity index (χ2v) is 2.69. The predicted octanol–water partition coefficient (Wildman–Crippen LogP) is 2.86. The van der Waals surface area contributed by atoms with Crippen LogP contribution < -0.4 is 4.74 Å². The van der Waals surface area contributed by atoms with E-state index in [0.717, 1.165) is 0 Å². The van der Waals surface area contributed by atoms with Crippen molar-refractivity contribution in [2.24, 2.45) is 0 Å². The van der Waals surface area contributed by atoms with Gasteiger partial charge in [-0.25, -0.2) is 9.18 Å². The van der Waals surface area contributed by atoms with Gasteiger partial charge in [-0.15, -0.1) is 0 Å². The molecular weight excluding hydrogens is 183 g/mol. The molecule has 3 heteroatoms. The number of hydrogen-bond acceptors (Lipinski definition) is 2. The first-order valence-electron chi connectivity index (χ1n) is 4.34. The number of carbonyl (C=O) groups excluding carboxylic acids is 1. The summed E-state index contributed by atoms with van der Waals surface area (Å²) in [4.78, 5) is 11.2. The Balaban J connectivity index is 2.66. The van der Waals surface area contributed by atoms with Gasteiger partial charge in [0.05, 0.1) is 11.9 Å². The van der Waals surface area contributed by atoms with E-state index < -0.39 is 5.97 Å². The monoisotopic (exact) mass is 194 g/mol. The lowest BCUT2D eigenvalue weighted by molar-refractivity contribution is -0.130. The topological polar surface area (TPSA) is 26.3 Å². The lowest BCUT2D eigenvalue weighted by Crippen LogP contribution is -2.10. The molecule has 0 saturated heterocycles. The van der Waals surface area contributed by atoms with Crippen molar-refractivity contribution in [1.29, 1.82) is 0 Å². The number of para-hydroxylation sites is 1. The van der Waals surface area contributed by atoms with E-state index in [-0.39, 0.29) is 11.9 Å². The third-order valence-electron chi connectivity index (χ3n) is 1.73. The van der Waals surface area contributed by atoms with Crippen molar-refractivity contribution in [2.45, 2.75) is 13.3 Å². The Morgan fingerprint density at radius 1 is 1.43 bits per heavy atom.